The Morgan fingerprint density at radius 1 is 1.15 bits per heavy atom. The Hall–Kier alpha value is -2.20. The largest absolute Gasteiger partial charge is 0.465 e. The minimum atomic E-state index is -0.493. The molecule has 0 saturated carbocycles. The van der Waals surface area contributed by atoms with Crippen molar-refractivity contribution in [1.82, 2.24) is 0 Å². The van der Waals surface area contributed by atoms with E-state index in [1.165, 1.54) is 7.11 Å². The number of benzene rings is 2. The van der Waals surface area contributed by atoms with Gasteiger partial charge in [-0.05, 0) is 48.9 Å². The number of anilines is 1. The van der Waals surface area contributed by atoms with Gasteiger partial charge in [-0.2, -0.15) is 0 Å². The summed E-state index contributed by atoms with van der Waals surface area (Å²) in [5.41, 5.74) is 7.29. The molecule has 2 aromatic carbocycles. The van der Waals surface area contributed by atoms with E-state index >= 15 is 0 Å². The van der Waals surface area contributed by atoms with Crippen LogP contribution in [-0.4, -0.2) is 13.1 Å². The molecule has 2 rings (SSSR count). The number of ether oxygens (including phenoxy) is 2. The molecule has 0 amide bonds. The number of nitrogens with two attached hydrogens (primary N) is 1. The van der Waals surface area contributed by atoms with E-state index in [1.807, 2.05) is 0 Å². The number of nitrogen functional groups attached to an aromatic ring is 1. The predicted molar refractivity (Wildman–Crippen MR) is 78.5 cm³/mol. The van der Waals surface area contributed by atoms with Crippen molar-refractivity contribution in [3.63, 3.8) is 0 Å². The zero-order chi connectivity index (χ0) is 14.7. The number of aryl methyl sites for hydroxylation is 1. The summed E-state index contributed by atoms with van der Waals surface area (Å²) in [6.45, 7) is 1.80. The van der Waals surface area contributed by atoms with E-state index in [0.29, 0.717) is 22.2 Å². The third-order valence-corrected chi connectivity index (χ3v) is 3.07. The molecule has 0 aliphatic carbocycles. The summed E-state index contributed by atoms with van der Waals surface area (Å²) in [4.78, 5) is 11.7. The van der Waals surface area contributed by atoms with Crippen LogP contribution in [0.4, 0.5) is 5.69 Å². The van der Waals surface area contributed by atoms with E-state index in [1.54, 1.807) is 43.3 Å². The summed E-state index contributed by atoms with van der Waals surface area (Å²) in [5.74, 6) is 0.640. The molecular weight excluding hydrogens is 278 g/mol. The van der Waals surface area contributed by atoms with Crippen LogP contribution in [0.1, 0.15) is 15.9 Å². The van der Waals surface area contributed by atoms with Gasteiger partial charge < -0.3 is 15.2 Å². The van der Waals surface area contributed by atoms with E-state index in [0.717, 1.165) is 5.56 Å². The third-order valence-electron chi connectivity index (χ3n) is 2.82. The highest BCUT2D eigenvalue weighted by Crippen LogP contribution is 2.29. The number of methoxy groups -OCH3 is 1. The summed E-state index contributed by atoms with van der Waals surface area (Å²) in [6, 6.07) is 10.3. The molecule has 0 bridgehead atoms. The maximum absolute atomic E-state index is 11.7. The van der Waals surface area contributed by atoms with Crippen LogP contribution in [0, 0.1) is 6.92 Å². The first-order chi connectivity index (χ1) is 9.51. The van der Waals surface area contributed by atoms with Gasteiger partial charge >= 0.3 is 5.97 Å². The van der Waals surface area contributed by atoms with Gasteiger partial charge in [-0.15, -0.1) is 0 Å². The molecule has 0 aromatic heterocycles. The van der Waals surface area contributed by atoms with Gasteiger partial charge in [0.05, 0.1) is 12.7 Å². The van der Waals surface area contributed by atoms with E-state index < -0.39 is 5.97 Å². The van der Waals surface area contributed by atoms with Crippen LogP contribution in [0.25, 0.3) is 0 Å². The second kappa shape index (κ2) is 5.84. The van der Waals surface area contributed by atoms with E-state index in [2.05, 4.69) is 0 Å². The normalized spacial score (nSPS) is 10.2. The molecule has 0 spiro atoms. The molecule has 4 nitrogen and oxygen atoms in total. The van der Waals surface area contributed by atoms with Crippen LogP contribution < -0.4 is 10.5 Å². The van der Waals surface area contributed by atoms with Crippen LogP contribution in [-0.2, 0) is 4.74 Å². The summed E-state index contributed by atoms with van der Waals surface area (Å²) >= 11 is 5.81. The molecule has 0 heterocycles. The topological polar surface area (TPSA) is 61.5 Å². The van der Waals surface area contributed by atoms with Crippen molar-refractivity contribution in [1.29, 1.82) is 0 Å². The maximum Gasteiger partial charge on any atom is 0.340 e. The third kappa shape index (κ3) is 3.03. The number of hydrogen-bond acceptors (Lipinski definition) is 4. The van der Waals surface area contributed by atoms with Crippen LogP contribution >= 0.6 is 11.6 Å². The van der Waals surface area contributed by atoms with Gasteiger partial charge in [-0.3, -0.25) is 0 Å². The van der Waals surface area contributed by atoms with Crippen molar-refractivity contribution in [2.45, 2.75) is 6.92 Å². The predicted octanol–water partition coefficient (Wildman–Crippen LogP) is 3.81. The van der Waals surface area contributed by atoms with E-state index in [-0.39, 0.29) is 5.56 Å². The average Bonchev–Trinajstić information content (AvgIpc) is 2.44. The molecule has 2 aromatic rings. The Balaban J connectivity index is 2.35. The smallest absolute Gasteiger partial charge is 0.340 e. The van der Waals surface area contributed by atoms with Crippen molar-refractivity contribution < 1.29 is 14.3 Å². The number of carbonyl (C=O) groups is 1. The fraction of sp³-hybridized carbons (Fsp3) is 0.133. The molecule has 0 aliphatic rings. The van der Waals surface area contributed by atoms with Crippen molar-refractivity contribution in [3.05, 3.63) is 52.5 Å². The first kappa shape index (κ1) is 14.2. The van der Waals surface area contributed by atoms with E-state index in [4.69, 9.17) is 26.8 Å². The van der Waals surface area contributed by atoms with Gasteiger partial charge in [-0.25, -0.2) is 4.79 Å². The zero-order valence-electron chi connectivity index (χ0n) is 11.1. The molecule has 2 N–H and O–H groups in total. The van der Waals surface area contributed by atoms with E-state index in [9.17, 15) is 4.79 Å². The van der Waals surface area contributed by atoms with Crippen LogP contribution in [0.3, 0.4) is 0 Å². The average molecular weight is 292 g/mol. The Kier molecular flexibility index (Phi) is 4.15. The minimum absolute atomic E-state index is 0.288. The Morgan fingerprint density at radius 2 is 1.80 bits per heavy atom. The first-order valence-electron chi connectivity index (χ1n) is 5.93. The van der Waals surface area contributed by atoms with Crippen molar-refractivity contribution >= 4 is 23.3 Å². The lowest BCUT2D eigenvalue weighted by Crippen LogP contribution is -2.07. The lowest BCUT2D eigenvalue weighted by molar-refractivity contribution is 0.0601. The van der Waals surface area contributed by atoms with Gasteiger partial charge in [0.1, 0.15) is 11.5 Å². The molecule has 0 unspecified atom stereocenters. The lowest BCUT2D eigenvalue weighted by atomic mass is 10.1. The minimum Gasteiger partial charge on any atom is -0.465 e. The molecule has 0 fully saturated rings. The van der Waals surface area contributed by atoms with Gasteiger partial charge in [0.2, 0.25) is 0 Å². The number of carbonyl (C=O) groups excluding carboxylic acids is 1. The summed E-state index contributed by atoms with van der Waals surface area (Å²) in [5, 5.41) is 0.626. The highest BCUT2D eigenvalue weighted by molar-refractivity contribution is 6.30. The number of rotatable bonds is 3. The van der Waals surface area contributed by atoms with Crippen molar-refractivity contribution in [2.24, 2.45) is 0 Å². The zero-order valence-corrected chi connectivity index (χ0v) is 11.9. The van der Waals surface area contributed by atoms with Crippen molar-refractivity contribution in [3.8, 4) is 11.5 Å². The molecule has 0 atom stereocenters. The SMILES string of the molecule is COC(=O)c1cc(Oc2ccc(Cl)cc2)cc(C)c1N. The van der Waals surface area contributed by atoms with Crippen LogP contribution in [0.15, 0.2) is 36.4 Å². The quantitative estimate of drug-likeness (QED) is 0.690. The first-order valence-corrected chi connectivity index (χ1v) is 6.31. The summed E-state index contributed by atoms with van der Waals surface area (Å²) in [6.07, 6.45) is 0. The molecule has 0 aliphatic heterocycles. The van der Waals surface area contributed by atoms with Gasteiger partial charge in [-0.1, -0.05) is 11.6 Å². The van der Waals surface area contributed by atoms with Crippen LogP contribution in [0.5, 0.6) is 11.5 Å². The van der Waals surface area contributed by atoms with Gasteiger partial charge in [0, 0.05) is 10.7 Å². The van der Waals surface area contributed by atoms with Gasteiger partial charge in [0.15, 0.2) is 0 Å². The number of esters is 1. The van der Waals surface area contributed by atoms with Crippen LogP contribution in [0.2, 0.25) is 5.02 Å². The molecule has 5 heteroatoms. The fourth-order valence-electron chi connectivity index (χ4n) is 1.74. The summed E-state index contributed by atoms with van der Waals surface area (Å²) in [7, 11) is 1.31. The number of halogens is 1. The lowest BCUT2D eigenvalue weighted by Gasteiger charge is -2.11. The fourth-order valence-corrected chi connectivity index (χ4v) is 1.87. The molecule has 20 heavy (non-hydrogen) atoms. The second-order valence-electron chi connectivity index (χ2n) is 4.25. The Labute approximate surface area is 122 Å². The second-order valence-corrected chi connectivity index (χ2v) is 4.69. The monoisotopic (exact) mass is 291 g/mol. The standard InChI is InChI=1S/C15H14ClNO3/c1-9-7-12(8-13(14(9)17)15(18)19-2)20-11-5-3-10(16)4-6-11/h3-8H,17H2,1-2H3. The van der Waals surface area contributed by atoms with Gasteiger partial charge in [0.25, 0.3) is 0 Å². The number of hydrogen-bond donors (Lipinski definition) is 1. The molecule has 104 valence electrons. The summed E-state index contributed by atoms with van der Waals surface area (Å²) < 4.78 is 10.4. The Morgan fingerprint density at radius 3 is 2.40 bits per heavy atom. The highest BCUT2D eigenvalue weighted by atomic mass is 35.5. The molecule has 0 radical (unpaired) electrons. The molecular formula is C15H14ClNO3. The van der Waals surface area contributed by atoms with Crippen molar-refractivity contribution in [2.75, 3.05) is 12.8 Å². The highest BCUT2D eigenvalue weighted by Gasteiger charge is 2.14. The Bertz CT molecular complexity index is 638. The molecule has 0 saturated heterocycles. The maximum atomic E-state index is 11.7.